The van der Waals surface area contributed by atoms with Crippen LogP contribution in [-0.2, 0) is 0 Å². The minimum absolute atomic E-state index is 0.865. The number of rotatable bonds is 3. The van der Waals surface area contributed by atoms with Gasteiger partial charge in [-0.05, 0) is 31.2 Å². The molecule has 2 unspecified atom stereocenters. The summed E-state index contributed by atoms with van der Waals surface area (Å²) in [6.07, 6.45) is 10.4. The van der Waals surface area contributed by atoms with Crippen LogP contribution in [0.4, 0.5) is 0 Å². The van der Waals surface area contributed by atoms with Crippen molar-refractivity contribution in [1.82, 2.24) is 5.32 Å². The van der Waals surface area contributed by atoms with E-state index in [-0.39, 0.29) is 0 Å². The maximum atomic E-state index is 3.68. The lowest BCUT2D eigenvalue weighted by molar-refractivity contribution is 0.123. The summed E-state index contributed by atoms with van der Waals surface area (Å²) < 4.78 is 0. The SMILES string of the molecule is CCNC1CCCCC1C1CCC1. The Balaban J connectivity index is 1.87. The molecule has 2 fully saturated rings. The minimum atomic E-state index is 0.865. The van der Waals surface area contributed by atoms with Crippen molar-refractivity contribution in [3.8, 4) is 0 Å². The van der Waals surface area contributed by atoms with Gasteiger partial charge in [0.05, 0.1) is 0 Å². The third-order valence-electron chi connectivity index (χ3n) is 4.04. The monoisotopic (exact) mass is 181 g/mol. The molecule has 1 nitrogen and oxygen atoms in total. The molecule has 0 amide bonds. The summed E-state index contributed by atoms with van der Waals surface area (Å²) >= 11 is 0. The van der Waals surface area contributed by atoms with Crippen molar-refractivity contribution in [2.75, 3.05) is 6.54 Å². The number of nitrogens with one attached hydrogen (secondary N) is 1. The molecule has 0 bridgehead atoms. The fraction of sp³-hybridized carbons (Fsp3) is 1.00. The molecule has 2 saturated carbocycles. The highest BCUT2D eigenvalue weighted by molar-refractivity contribution is 4.88. The molecule has 0 spiro atoms. The fourth-order valence-corrected chi connectivity index (χ4v) is 3.11. The van der Waals surface area contributed by atoms with Gasteiger partial charge in [-0.2, -0.15) is 0 Å². The van der Waals surface area contributed by atoms with Gasteiger partial charge in [-0.25, -0.2) is 0 Å². The first kappa shape index (κ1) is 9.51. The van der Waals surface area contributed by atoms with Crippen molar-refractivity contribution < 1.29 is 0 Å². The van der Waals surface area contributed by atoms with Crippen LogP contribution < -0.4 is 5.32 Å². The zero-order valence-electron chi connectivity index (χ0n) is 8.89. The molecule has 13 heavy (non-hydrogen) atoms. The second-order valence-electron chi connectivity index (χ2n) is 4.80. The summed E-state index contributed by atoms with van der Waals surface area (Å²) in [4.78, 5) is 0. The molecule has 76 valence electrons. The molecule has 0 aliphatic heterocycles. The Hall–Kier alpha value is -0.0400. The Morgan fingerprint density at radius 1 is 1.00 bits per heavy atom. The number of hydrogen-bond acceptors (Lipinski definition) is 1. The van der Waals surface area contributed by atoms with E-state index in [0.29, 0.717) is 0 Å². The molecule has 1 N–H and O–H groups in total. The van der Waals surface area contributed by atoms with E-state index in [4.69, 9.17) is 0 Å². The van der Waals surface area contributed by atoms with E-state index < -0.39 is 0 Å². The Bertz CT molecular complexity index is 149. The molecule has 0 heterocycles. The van der Waals surface area contributed by atoms with Crippen molar-refractivity contribution in [2.24, 2.45) is 11.8 Å². The normalized spacial score (nSPS) is 35.8. The molecular weight excluding hydrogens is 158 g/mol. The molecule has 0 saturated heterocycles. The average molecular weight is 181 g/mol. The van der Waals surface area contributed by atoms with E-state index in [1.54, 1.807) is 0 Å². The van der Waals surface area contributed by atoms with E-state index in [0.717, 1.165) is 24.4 Å². The molecular formula is C12H23N. The van der Waals surface area contributed by atoms with Crippen molar-refractivity contribution in [2.45, 2.75) is 57.9 Å². The van der Waals surface area contributed by atoms with Crippen LogP contribution in [0, 0.1) is 11.8 Å². The fourth-order valence-electron chi connectivity index (χ4n) is 3.11. The van der Waals surface area contributed by atoms with Crippen LogP contribution in [0.2, 0.25) is 0 Å². The summed E-state index contributed by atoms with van der Waals surface area (Å²) in [7, 11) is 0. The topological polar surface area (TPSA) is 12.0 Å². The van der Waals surface area contributed by atoms with Gasteiger partial charge in [0.2, 0.25) is 0 Å². The largest absolute Gasteiger partial charge is 0.314 e. The smallest absolute Gasteiger partial charge is 0.00978 e. The van der Waals surface area contributed by atoms with Crippen LogP contribution in [0.25, 0.3) is 0 Å². The van der Waals surface area contributed by atoms with E-state index in [2.05, 4.69) is 12.2 Å². The lowest BCUT2D eigenvalue weighted by Gasteiger charge is -2.41. The Morgan fingerprint density at radius 2 is 1.77 bits per heavy atom. The molecule has 2 aliphatic carbocycles. The summed E-state index contributed by atoms with van der Waals surface area (Å²) in [6, 6.07) is 0.865. The predicted octanol–water partition coefficient (Wildman–Crippen LogP) is 2.95. The highest BCUT2D eigenvalue weighted by atomic mass is 14.9. The van der Waals surface area contributed by atoms with E-state index in [1.807, 2.05) is 0 Å². The van der Waals surface area contributed by atoms with Crippen molar-refractivity contribution in [3.63, 3.8) is 0 Å². The molecule has 0 aromatic heterocycles. The van der Waals surface area contributed by atoms with Gasteiger partial charge in [0, 0.05) is 6.04 Å². The predicted molar refractivity (Wildman–Crippen MR) is 56.8 cm³/mol. The number of hydrogen-bond donors (Lipinski definition) is 1. The van der Waals surface area contributed by atoms with Crippen LogP contribution >= 0.6 is 0 Å². The zero-order valence-corrected chi connectivity index (χ0v) is 8.89. The van der Waals surface area contributed by atoms with Gasteiger partial charge in [-0.1, -0.05) is 39.0 Å². The highest BCUT2D eigenvalue weighted by Gasteiger charge is 2.34. The van der Waals surface area contributed by atoms with Crippen molar-refractivity contribution in [3.05, 3.63) is 0 Å². The average Bonchev–Trinajstić information content (AvgIpc) is 2.05. The van der Waals surface area contributed by atoms with Crippen molar-refractivity contribution >= 4 is 0 Å². The van der Waals surface area contributed by atoms with Crippen molar-refractivity contribution in [1.29, 1.82) is 0 Å². The first-order chi connectivity index (χ1) is 6.42. The van der Waals surface area contributed by atoms with Gasteiger partial charge in [0.1, 0.15) is 0 Å². The quantitative estimate of drug-likeness (QED) is 0.706. The van der Waals surface area contributed by atoms with Crippen LogP contribution in [-0.4, -0.2) is 12.6 Å². The van der Waals surface area contributed by atoms with Crippen LogP contribution in [0.5, 0.6) is 0 Å². The first-order valence-corrected chi connectivity index (χ1v) is 6.15. The maximum Gasteiger partial charge on any atom is 0.00978 e. The van der Waals surface area contributed by atoms with Crippen LogP contribution in [0.15, 0.2) is 0 Å². The third-order valence-corrected chi connectivity index (χ3v) is 4.04. The molecule has 2 rings (SSSR count). The van der Waals surface area contributed by atoms with Gasteiger partial charge in [0.15, 0.2) is 0 Å². The Kier molecular flexibility index (Phi) is 3.26. The van der Waals surface area contributed by atoms with Crippen LogP contribution in [0.1, 0.15) is 51.9 Å². The molecule has 1 heteroatoms. The van der Waals surface area contributed by atoms with Gasteiger partial charge in [-0.3, -0.25) is 0 Å². The van der Waals surface area contributed by atoms with Gasteiger partial charge in [0.25, 0.3) is 0 Å². The molecule has 2 atom stereocenters. The lowest BCUT2D eigenvalue weighted by atomic mass is 9.68. The molecule has 2 aliphatic rings. The standard InChI is InChI=1S/C12H23N/c1-2-13-12-9-4-3-8-11(12)10-6-5-7-10/h10-13H,2-9H2,1H3. The zero-order chi connectivity index (χ0) is 9.10. The molecule has 0 radical (unpaired) electrons. The summed E-state index contributed by atoms with van der Waals surface area (Å²) in [6.45, 7) is 3.40. The van der Waals surface area contributed by atoms with Gasteiger partial charge in [-0.15, -0.1) is 0 Å². The lowest BCUT2D eigenvalue weighted by Crippen LogP contribution is -2.43. The Labute approximate surface area is 82.3 Å². The van der Waals surface area contributed by atoms with Gasteiger partial charge >= 0.3 is 0 Å². The Morgan fingerprint density at radius 3 is 2.38 bits per heavy atom. The maximum absolute atomic E-state index is 3.68. The summed E-state index contributed by atoms with van der Waals surface area (Å²) in [5, 5.41) is 3.68. The second-order valence-corrected chi connectivity index (χ2v) is 4.80. The molecule has 0 aromatic rings. The second kappa shape index (κ2) is 4.45. The van der Waals surface area contributed by atoms with E-state index in [9.17, 15) is 0 Å². The molecule has 0 aromatic carbocycles. The summed E-state index contributed by atoms with van der Waals surface area (Å²) in [5.41, 5.74) is 0. The minimum Gasteiger partial charge on any atom is -0.314 e. The first-order valence-electron chi connectivity index (χ1n) is 6.15. The van der Waals surface area contributed by atoms with Crippen LogP contribution in [0.3, 0.4) is 0 Å². The third kappa shape index (κ3) is 2.07. The van der Waals surface area contributed by atoms with E-state index in [1.165, 1.54) is 44.9 Å². The highest BCUT2D eigenvalue weighted by Crippen LogP contribution is 2.40. The summed E-state index contributed by atoms with van der Waals surface area (Å²) in [5.74, 6) is 2.12. The van der Waals surface area contributed by atoms with E-state index >= 15 is 0 Å². The van der Waals surface area contributed by atoms with Gasteiger partial charge < -0.3 is 5.32 Å².